The third-order valence-corrected chi connectivity index (χ3v) is 24.1. The van der Waals surface area contributed by atoms with Gasteiger partial charge in [0.05, 0.1) is 134 Å². The molecular formula is C70H138O57P2S2. The predicted molar refractivity (Wildman–Crippen MR) is 429 cm³/mol. The number of methoxy groups -OCH3 is 12. The van der Waals surface area contributed by atoms with E-state index in [0.717, 1.165) is 0 Å². The molecule has 0 heterocycles. The predicted octanol–water partition coefficient (Wildman–Crippen LogP) is -12.9. The lowest BCUT2D eigenvalue weighted by Gasteiger charge is -2.40. The number of carbonyl (C=O) groups excluding carboxylic acids is 2. The zero-order chi connectivity index (χ0) is 100. The normalized spacial score (nSPS) is 35.2. The number of hydrogen-bond donors (Lipinski definition) is 26. The van der Waals surface area contributed by atoms with Crippen LogP contribution in [-0.2, 0) is 142 Å². The van der Waals surface area contributed by atoms with Gasteiger partial charge in [-0.05, 0) is 0 Å². The van der Waals surface area contributed by atoms with Gasteiger partial charge in [0.15, 0.2) is 0 Å². The molecule has 57 nitrogen and oxygen atoms in total. The van der Waals surface area contributed by atoms with Crippen molar-refractivity contribution in [3.63, 3.8) is 0 Å². The Labute approximate surface area is 757 Å². The minimum absolute atomic E-state index is 0.0620. The summed E-state index contributed by atoms with van der Waals surface area (Å²) in [5.41, 5.74) is 0. The molecule has 0 aromatic carbocycles. The number of phosphoric acid groups is 2. The standard InChI is InChI=1S/C13H24O9.C12H25O10P.C12H22O9.C11H23O10P.C11H22O10S.C11H22O9S/c1-19-5-7(20-2)6-21-13(18)22-10-3-9(15)12(17)11(16)8(10)4-14;1-19-5-7(20-2)6-21-23(17,18)22-10-3-9(14)12(16)11(15)8(10)4-13;1-18-4-6(19-2)5-20-12(17)21-8-3-7(13)9(14)11(16)10(8)15;2*1-18-4-6(19-2)5-20-22(16,17)21-8-3-7(12)9(13)11(15)10(8)14;1-17-4-6(18-2)5-19-21(16)20-8-3-7(12)9(13)11(15)10(8)14/h7-12,14-17H,3-6H2,1-2H3;7-16H,3-6H2,1-2H3,(H,17,18);6-11,13-16H,3-5H2,1-2H3;6-15H,3-5H2,1-2H3,(H,16,17);6-15H,3-5H2,1-2H3;6-15H,3-5H2,1-2H3. The fourth-order valence-electron chi connectivity index (χ4n) is 12.5. The lowest BCUT2D eigenvalue weighted by Crippen LogP contribution is -2.56. The second-order valence-electron chi connectivity index (χ2n) is 29.9. The molecular weight excluding hydrogens is 1880 g/mol. The summed E-state index contributed by atoms with van der Waals surface area (Å²) < 4.78 is 175. The molecule has 0 aliphatic heterocycles. The Bertz CT molecular complexity index is 3190. The quantitative estimate of drug-likeness (QED) is 0.0199. The van der Waals surface area contributed by atoms with Gasteiger partial charge in [-0.3, -0.25) is 26.5 Å². The van der Waals surface area contributed by atoms with Gasteiger partial charge in [0, 0.05) is 136 Å². The maximum absolute atomic E-state index is 12.0. The molecule has 6 saturated carbocycles. The summed E-state index contributed by atoms with van der Waals surface area (Å²) in [6.07, 6.45) is -46.7. The molecule has 6 aliphatic carbocycles. The summed E-state index contributed by atoms with van der Waals surface area (Å²) in [4.78, 5) is 42.5. The average Bonchev–Trinajstić information content (AvgIpc) is 0.693. The van der Waals surface area contributed by atoms with Gasteiger partial charge in [-0.1, -0.05) is 0 Å². The van der Waals surface area contributed by atoms with Crippen LogP contribution >= 0.6 is 15.6 Å². The van der Waals surface area contributed by atoms with Gasteiger partial charge in [0.1, 0.15) is 166 Å². The number of rotatable bonds is 46. The fraction of sp³-hybridized carbons (Fsp3) is 0.971. The average molecular weight is 2020 g/mol. The van der Waals surface area contributed by atoms with Crippen molar-refractivity contribution in [2.45, 2.75) is 246 Å². The second-order valence-corrected chi connectivity index (χ2v) is 34.8. The first kappa shape index (κ1) is 126. The van der Waals surface area contributed by atoms with Crippen LogP contribution in [0.3, 0.4) is 0 Å². The Morgan fingerprint density at radius 3 is 0.931 bits per heavy atom. The van der Waals surface area contributed by atoms with E-state index < -0.39 is 282 Å². The number of ether oxygens (including phenoxy) is 16. The summed E-state index contributed by atoms with van der Waals surface area (Å²) >= 11 is -2.20. The Morgan fingerprint density at radius 1 is 0.321 bits per heavy atom. The Morgan fingerprint density at radius 2 is 0.580 bits per heavy atom. The third kappa shape index (κ3) is 44.7. The van der Waals surface area contributed by atoms with Crippen LogP contribution in [0.2, 0.25) is 0 Å². The van der Waals surface area contributed by atoms with Crippen molar-refractivity contribution >= 4 is 49.7 Å². The molecule has 61 heteroatoms. The molecule has 0 spiro atoms. The van der Waals surface area contributed by atoms with Gasteiger partial charge >= 0.3 is 49.7 Å². The van der Waals surface area contributed by atoms with E-state index in [1.165, 1.54) is 85.3 Å². The van der Waals surface area contributed by atoms with E-state index in [1.54, 1.807) is 0 Å². The second kappa shape index (κ2) is 65.3. The SMILES string of the molecule is COCC(COC(=O)OC1CC(O)C(O)C(O)C1CO)OC.COCC(COC(=O)OC1CC(O)C(O)C(O)C1O)OC.COCC(COP(=O)(O)OC1CC(O)C(O)C(O)C1CO)OC.COCC(COP(=O)(O)OC1CC(O)C(O)C(O)C1O)OC.COCC(COS(=O)(=O)OC1CC(O)C(O)C(O)C1O)OC.COCC(COS(=O)OC1CC(O)C(O)C(O)C1O)OC. The minimum Gasteiger partial charge on any atom is -0.431 e. The molecule has 0 aromatic heterocycles. The van der Waals surface area contributed by atoms with Crippen molar-refractivity contribution in [2.24, 2.45) is 11.8 Å². The molecule has 131 heavy (non-hydrogen) atoms. The van der Waals surface area contributed by atoms with Crippen LogP contribution in [0.1, 0.15) is 38.5 Å². The minimum atomic E-state index is -4.56. The molecule has 0 aromatic rings. The van der Waals surface area contributed by atoms with E-state index in [4.69, 9.17) is 102 Å². The molecule has 0 saturated heterocycles. The molecule has 6 rings (SSSR count). The highest BCUT2D eigenvalue weighted by molar-refractivity contribution is 7.81. The first-order valence-electron chi connectivity index (χ1n) is 40.0. The van der Waals surface area contributed by atoms with E-state index in [0.29, 0.717) is 0 Å². The number of hydrogen-bond acceptors (Lipinski definition) is 55. The highest BCUT2D eigenvalue weighted by Gasteiger charge is 2.51. The van der Waals surface area contributed by atoms with Crippen molar-refractivity contribution in [1.82, 2.24) is 0 Å². The maximum Gasteiger partial charge on any atom is 0.508 e. The highest BCUT2D eigenvalue weighted by atomic mass is 32.3. The molecule has 0 radical (unpaired) electrons. The lowest BCUT2D eigenvalue weighted by atomic mass is 9.81. The molecule has 6 fully saturated rings. The van der Waals surface area contributed by atoms with Crippen LogP contribution in [0, 0.1) is 11.8 Å². The van der Waals surface area contributed by atoms with Crippen molar-refractivity contribution in [3.8, 4) is 0 Å². The summed E-state index contributed by atoms with van der Waals surface area (Å²) in [5, 5.41) is 229. The third-order valence-electron chi connectivity index (χ3n) is 20.4. The molecule has 0 amide bonds. The highest BCUT2D eigenvalue weighted by Crippen LogP contribution is 2.49. The van der Waals surface area contributed by atoms with Gasteiger partial charge in [0.2, 0.25) is 0 Å². The van der Waals surface area contributed by atoms with Crippen molar-refractivity contribution in [2.75, 3.05) is 178 Å². The van der Waals surface area contributed by atoms with E-state index in [-0.39, 0.29) is 118 Å². The first-order chi connectivity index (χ1) is 61.4. The van der Waals surface area contributed by atoms with Gasteiger partial charge < -0.3 is 208 Å². The zero-order valence-electron chi connectivity index (χ0n) is 73.9. The van der Waals surface area contributed by atoms with E-state index in [9.17, 15) is 164 Å². The van der Waals surface area contributed by atoms with Crippen LogP contribution in [0.4, 0.5) is 9.59 Å². The van der Waals surface area contributed by atoms with E-state index in [1.807, 2.05) is 0 Å². The topological polar surface area (TPSA) is 867 Å². The van der Waals surface area contributed by atoms with Crippen molar-refractivity contribution < 1.29 is 274 Å². The van der Waals surface area contributed by atoms with Crippen molar-refractivity contribution in [1.29, 1.82) is 0 Å². The van der Waals surface area contributed by atoms with Gasteiger partial charge in [0.25, 0.3) is 0 Å². The zero-order valence-corrected chi connectivity index (χ0v) is 77.3. The molecule has 0 bridgehead atoms. The molecule has 39 unspecified atom stereocenters. The summed E-state index contributed by atoms with van der Waals surface area (Å²) in [5.74, 6) is -1.93. The van der Waals surface area contributed by atoms with Crippen LogP contribution in [0.15, 0.2) is 0 Å². The van der Waals surface area contributed by atoms with Crippen LogP contribution in [-0.4, -0.2) is 543 Å². The number of aliphatic hydroxyl groups is 24. The van der Waals surface area contributed by atoms with Gasteiger partial charge in [-0.25, -0.2) is 27.1 Å². The van der Waals surface area contributed by atoms with Gasteiger partial charge in [-0.15, -0.1) is 0 Å². The van der Waals surface area contributed by atoms with Crippen LogP contribution in [0.25, 0.3) is 0 Å². The van der Waals surface area contributed by atoms with Crippen molar-refractivity contribution in [3.05, 3.63) is 0 Å². The molecule has 782 valence electrons. The molecule has 26 N–H and O–H groups in total. The summed E-state index contributed by atoms with van der Waals surface area (Å²) in [6.45, 7) is -1.25. The smallest absolute Gasteiger partial charge is 0.431 e. The monoisotopic (exact) mass is 2020 g/mol. The van der Waals surface area contributed by atoms with Crippen LogP contribution in [0.5, 0.6) is 0 Å². The maximum atomic E-state index is 12.0. The first-order valence-corrected chi connectivity index (χ1v) is 45.3. The Balaban J connectivity index is 0.000000786. The van der Waals surface area contributed by atoms with Crippen LogP contribution < -0.4 is 0 Å². The lowest BCUT2D eigenvalue weighted by molar-refractivity contribution is -0.181. The van der Waals surface area contributed by atoms with E-state index >= 15 is 0 Å². The summed E-state index contributed by atoms with van der Waals surface area (Å²) in [6, 6.07) is 0. The number of aliphatic hydroxyl groups excluding tert-OH is 24. The molecule has 6 aliphatic rings. The number of carbonyl (C=O) groups is 2. The largest absolute Gasteiger partial charge is 0.508 e. The Kier molecular flexibility index (Phi) is 62.9. The summed E-state index contributed by atoms with van der Waals surface area (Å²) in [7, 11) is 3.51. The Hall–Kier alpha value is -2.74. The fourth-order valence-corrected chi connectivity index (χ4v) is 16.1. The number of phosphoric ester groups is 2. The van der Waals surface area contributed by atoms with E-state index in [2.05, 4.69) is 8.37 Å². The van der Waals surface area contributed by atoms with Gasteiger partial charge in [-0.2, -0.15) is 12.6 Å². The molecule has 39 atom stereocenters.